The minimum Gasteiger partial charge on any atom is -0.466 e. The van der Waals surface area contributed by atoms with Gasteiger partial charge in [-0.2, -0.15) is 32.9 Å². The van der Waals surface area contributed by atoms with Crippen LogP contribution in [0.25, 0.3) is 0 Å². The Bertz CT molecular complexity index is 2690. The first kappa shape index (κ1) is 164. The normalized spacial score (nSPS) is 10.3. The minimum absolute atomic E-state index is 0.00926. The first-order chi connectivity index (χ1) is 55.8. The summed E-state index contributed by atoms with van der Waals surface area (Å²) in [4.78, 5) is 93.4. The third kappa shape index (κ3) is 207. The van der Waals surface area contributed by atoms with Crippen molar-refractivity contribution in [2.24, 2.45) is 24.4 Å². The van der Waals surface area contributed by atoms with Gasteiger partial charge in [-0.3, -0.25) is 19.4 Å². The molecule has 0 aromatic carbocycles. The molecule has 5 N–H and O–H groups in total. The number of hydrogen-bond donors (Lipinski definition) is 5. The number of ether oxygens (including phenoxy) is 3. The molecule has 0 aliphatic carbocycles. The molecule has 0 saturated heterocycles. The Balaban J connectivity index is -0.0000000390. The van der Waals surface area contributed by atoms with Gasteiger partial charge in [0.15, 0.2) is 0 Å². The number of rotatable bonds is 0. The number of nitrogens with one attached hydrogen (secondary N) is 5. The number of thiazole rings is 1. The predicted molar refractivity (Wildman–Crippen MR) is 514 cm³/mol. The van der Waals surface area contributed by atoms with Gasteiger partial charge in [0, 0.05) is 66.6 Å². The van der Waals surface area contributed by atoms with E-state index in [1.54, 1.807) is 42.1 Å². The number of sulfonamides is 1. The molecule has 11 heterocycles. The maximum absolute atomic E-state index is 10.2. The number of amides is 3. The summed E-state index contributed by atoms with van der Waals surface area (Å²) in [5.74, 6) is -0.206. The molecule has 674 valence electrons. The average molecular weight is 1660 g/mol. The van der Waals surface area contributed by atoms with Crippen LogP contribution in [0, 0.1) is 0 Å². The monoisotopic (exact) mass is 1660 g/mol. The summed E-state index contributed by atoms with van der Waals surface area (Å²) in [7, 11) is -3.16. The highest BCUT2D eigenvalue weighted by Gasteiger charge is 2.02. The Kier molecular flexibility index (Phi) is 299. The molecule has 0 unspecified atom stereocenters. The van der Waals surface area contributed by atoms with E-state index in [2.05, 4.69) is 82.1 Å². The van der Waals surface area contributed by atoms with E-state index in [4.69, 9.17) is 9.47 Å². The molecule has 4 aromatic heterocycles. The van der Waals surface area contributed by atoms with E-state index < -0.39 is 21.8 Å². The molecular weight excluding hydrogens is 1490 g/mol. The number of carbonyl (C=O) groups is 3. The molecule has 11 rings (SSSR count). The maximum Gasteiger partial charge on any atom is 0.416 e. The maximum atomic E-state index is 10.2. The average Bonchev–Trinajstić information content (AvgIpc) is 1.79. The van der Waals surface area contributed by atoms with Crippen LogP contribution in [-0.4, -0.2) is 107 Å². The van der Waals surface area contributed by atoms with Crippen LogP contribution in [0.2, 0.25) is 0 Å². The van der Waals surface area contributed by atoms with Gasteiger partial charge < -0.3 is 33.9 Å². The second kappa shape index (κ2) is 207. The molecule has 3 amide bonds. The summed E-state index contributed by atoms with van der Waals surface area (Å²) in [5.41, 5.74) is 0.479. The van der Waals surface area contributed by atoms with Crippen LogP contribution in [0.1, 0.15) is 305 Å². The zero-order valence-corrected chi connectivity index (χ0v) is 82.2. The first-order valence-electron chi connectivity index (χ1n) is 41.2. The number of aromatic amines is 4. The van der Waals surface area contributed by atoms with Crippen molar-refractivity contribution in [1.29, 1.82) is 0 Å². The highest BCUT2D eigenvalue weighted by molar-refractivity contribution is 7.93. The SMILES string of the molecule is C1=CCOC1.C=C1C=CC=CN1.C=C1C=CC=CO1.CC.CC.CC.CC.CC.CC.CC.CC.CC.CC.CC.CC.CC.CC.CC.CC.CC.CC.CC.CC.CC.CC.O=C1C=CCO1.O=C1C=NC=N1.O=C1N=CC=N1.O=S1(=O)C=CC=N1.O=c1[nH]cco1.O=c1[nH]ccs1.O=c1cccn[nH]1.O=c1nccc[nH]1. The Morgan fingerprint density at radius 1 is 0.474 bits per heavy atom. The fourth-order valence-corrected chi connectivity index (χ4v) is 4.27. The summed E-state index contributed by atoms with van der Waals surface area (Å²) in [5, 5.41) is 11.4. The van der Waals surface area contributed by atoms with Gasteiger partial charge in [-0.15, -0.1) is 0 Å². The van der Waals surface area contributed by atoms with Crippen molar-refractivity contribution >= 4 is 70.5 Å². The Morgan fingerprint density at radius 3 is 1.08 bits per heavy atom. The summed E-state index contributed by atoms with van der Waals surface area (Å²) in [6.45, 7) is 97.3. The Hall–Kier alpha value is -9.47. The largest absolute Gasteiger partial charge is 0.466 e. The zero-order valence-electron chi connectivity index (χ0n) is 80.5. The van der Waals surface area contributed by atoms with Gasteiger partial charge in [-0.05, 0) is 48.6 Å². The standard InChI is InChI=1S/C6H7N.C6H6O.2C4H4N2O.C4H4O2.C4H6O.2C3H2N2O.C3H3NO2S.C3H3NO2.C3H3NOS.22C2H6/c2*1-6-4-2-3-5-7-6;7-4-5-2-1-3-6-4;7-4-2-1-3-5-6-4;5-4-2-1-3-6-4;1-2-4-5-3-1;6-3-1-4-2-5-3;6-3-4-1-2-5-3;5-7(6)3-1-2-4-7;2*5-3-4-1-2-6-3;22*1-2/h2-5,7H,1H2;2-5H,1H2;1-3H,(H,5,6,7);1-3H,(H,6,7);1-2H,3H2;1-2H,3-4H2;2*1-2H;1-3H;2*1-2H,(H,4,5);22*1-2H3. The van der Waals surface area contributed by atoms with E-state index in [1.807, 2.05) is 353 Å². The van der Waals surface area contributed by atoms with E-state index in [0.717, 1.165) is 24.3 Å². The number of dihydropyridines is 1. The number of nitrogens with zero attached hydrogens (tertiary/aromatic N) is 7. The van der Waals surface area contributed by atoms with Gasteiger partial charge in [0.25, 0.3) is 21.5 Å². The Morgan fingerprint density at radius 2 is 0.947 bits per heavy atom. The van der Waals surface area contributed by atoms with Crippen LogP contribution in [0.5, 0.6) is 0 Å². The first-order valence-corrected chi connectivity index (χ1v) is 43.6. The molecule has 0 bridgehead atoms. The van der Waals surface area contributed by atoms with E-state index in [1.165, 1.54) is 91.8 Å². The lowest BCUT2D eigenvalue weighted by molar-refractivity contribution is -0.134. The molecule has 0 fully saturated rings. The molecule has 0 spiro atoms. The van der Waals surface area contributed by atoms with E-state index in [-0.39, 0.29) is 28.0 Å². The number of urea groups is 1. The van der Waals surface area contributed by atoms with E-state index >= 15 is 0 Å². The number of cyclic esters (lactones) is 1. The van der Waals surface area contributed by atoms with Crippen molar-refractivity contribution in [2.75, 3.05) is 19.8 Å². The number of carbonyl (C=O) groups excluding carboxylic acids is 3. The highest BCUT2D eigenvalue weighted by atomic mass is 32.2. The van der Waals surface area contributed by atoms with Gasteiger partial charge in [0.1, 0.15) is 25.0 Å². The second-order valence-corrected chi connectivity index (χ2v) is 13.8. The minimum atomic E-state index is -3.16. The fourth-order valence-electron chi connectivity index (χ4n) is 3.29. The number of H-pyrrole nitrogens is 4. The predicted octanol–water partition coefficient (Wildman–Crippen LogP) is 25.8. The summed E-state index contributed by atoms with van der Waals surface area (Å²) < 4.78 is 41.7. The Labute approximate surface area is 703 Å². The number of allylic oxidation sites excluding steroid dienone is 7. The molecule has 0 radical (unpaired) electrons. The second-order valence-electron chi connectivity index (χ2n) is 11.4. The molecule has 7 aliphatic heterocycles. The van der Waals surface area contributed by atoms with Crippen LogP contribution in [0.15, 0.2) is 218 Å². The van der Waals surface area contributed by atoms with Gasteiger partial charge in [0.2, 0.25) is 0 Å². The van der Waals surface area contributed by atoms with E-state index in [9.17, 15) is 42.0 Å². The van der Waals surface area contributed by atoms with E-state index in [0.29, 0.717) is 12.4 Å². The molecule has 0 atom stereocenters. The lowest BCUT2D eigenvalue weighted by Crippen LogP contribution is -2.05. The van der Waals surface area contributed by atoms with Crippen LogP contribution < -0.4 is 27.2 Å². The van der Waals surface area contributed by atoms with Crippen LogP contribution in [-0.2, 0) is 33.8 Å². The van der Waals surface area contributed by atoms with Gasteiger partial charge in [-0.1, -0.05) is 353 Å². The lowest BCUT2D eigenvalue weighted by Gasteiger charge is -1.99. The van der Waals surface area contributed by atoms with Crippen LogP contribution in [0.4, 0.5) is 4.79 Å². The number of aliphatic imine (C=N–C) groups is 4. The number of hydrogen-bond acceptors (Lipinski definition) is 18. The highest BCUT2D eigenvalue weighted by Crippen LogP contribution is 2.01. The molecular formula is C87H176N12O13S2. The topological polar surface area (TPSA) is 357 Å². The number of esters is 1. The quantitative estimate of drug-likeness (QED) is 0.0806. The number of aromatic nitrogens is 6. The van der Waals surface area contributed by atoms with Gasteiger partial charge in [0.05, 0.1) is 43.5 Å². The van der Waals surface area contributed by atoms with Crippen molar-refractivity contribution in [1.82, 2.24) is 35.5 Å². The molecule has 4 aromatic rings. The van der Waals surface area contributed by atoms with Crippen molar-refractivity contribution in [3.05, 3.63) is 211 Å². The van der Waals surface area contributed by atoms with Crippen LogP contribution >= 0.6 is 11.3 Å². The van der Waals surface area contributed by atoms with Gasteiger partial charge in [-0.25, -0.2) is 34.3 Å². The molecule has 0 saturated carbocycles. The third-order valence-electron chi connectivity index (χ3n) is 6.11. The molecule has 114 heavy (non-hydrogen) atoms. The zero-order chi connectivity index (χ0) is 95.3. The lowest BCUT2D eigenvalue weighted by atomic mass is 10.3. The van der Waals surface area contributed by atoms with Gasteiger partial charge >= 0.3 is 28.3 Å². The number of oxazole rings is 1. The van der Waals surface area contributed by atoms with Crippen molar-refractivity contribution in [3.63, 3.8) is 0 Å². The van der Waals surface area contributed by atoms with Crippen molar-refractivity contribution in [2.45, 2.75) is 305 Å². The molecule has 27 heteroatoms. The molecule has 25 nitrogen and oxygen atoms in total. The third-order valence-corrected chi connectivity index (χ3v) is 7.63. The fraction of sp³-hybridized carbons (Fsp3) is 0.540. The summed E-state index contributed by atoms with van der Waals surface area (Å²) in [6.07, 6.45) is 38.5. The van der Waals surface area contributed by atoms with Crippen molar-refractivity contribution in [3.8, 4) is 0 Å². The summed E-state index contributed by atoms with van der Waals surface area (Å²) >= 11 is 1.17. The summed E-state index contributed by atoms with van der Waals surface area (Å²) in [6, 6.07) is 4.24. The smallest absolute Gasteiger partial charge is 0.416 e. The van der Waals surface area contributed by atoms with Crippen molar-refractivity contribution < 1.29 is 41.4 Å². The molecule has 7 aliphatic rings. The van der Waals surface area contributed by atoms with Crippen LogP contribution in [0.3, 0.4) is 0 Å².